The number of carbonyl (C=O) groups excluding carboxylic acids is 1. The van der Waals surface area contributed by atoms with Gasteiger partial charge in [0.1, 0.15) is 0 Å². The van der Waals surface area contributed by atoms with E-state index in [1.54, 1.807) is 0 Å². The summed E-state index contributed by atoms with van der Waals surface area (Å²) in [6.07, 6.45) is 0. The van der Waals surface area contributed by atoms with Crippen LogP contribution in [-0.2, 0) is 11.3 Å². The lowest BCUT2D eigenvalue weighted by Gasteiger charge is -2.37. The fraction of sp³-hybridized carbons (Fsp3) is 0.533. The Labute approximate surface area is 104 Å². The van der Waals surface area contributed by atoms with Gasteiger partial charge in [-0.05, 0) is 11.0 Å². The highest BCUT2D eigenvalue weighted by molar-refractivity contribution is 5.82. The van der Waals surface area contributed by atoms with Crippen molar-refractivity contribution in [2.45, 2.75) is 41.2 Å². The Balaban J connectivity index is 2.62. The van der Waals surface area contributed by atoms with Crippen molar-refractivity contribution in [2.75, 3.05) is 0 Å². The van der Waals surface area contributed by atoms with Gasteiger partial charge in [-0.3, -0.25) is 4.79 Å². The van der Waals surface area contributed by atoms with Gasteiger partial charge in [0.25, 0.3) is 0 Å². The number of nitrogens with one attached hydrogen (secondary N) is 1. The van der Waals surface area contributed by atoms with E-state index in [1.807, 2.05) is 44.2 Å². The SMILES string of the molecule is CC(C)(C)C(C)(C)C(=O)NCc1ccccc1. The van der Waals surface area contributed by atoms with Crippen molar-refractivity contribution < 1.29 is 4.79 Å². The normalized spacial score (nSPS) is 12.3. The van der Waals surface area contributed by atoms with Crippen molar-refractivity contribution in [3.63, 3.8) is 0 Å². The molecule has 1 rings (SSSR count). The van der Waals surface area contributed by atoms with E-state index in [-0.39, 0.29) is 16.7 Å². The van der Waals surface area contributed by atoms with Crippen LogP contribution in [0.5, 0.6) is 0 Å². The number of rotatable bonds is 3. The molecule has 17 heavy (non-hydrogen) atoms. The third-order valence-corrected chi connectivity index (χ3v) is 3.74. The van der Waals surface area contributed by atoms with Crippen LogP contribution < -0.4 is 5.32 Å². The molecular weight excluding hydrogens is 210 g/mol. The van der Waals surface area contributed by atoms with Crippen LogP contribution in [0.3, 0.4) is 0 Å². The van der Waals surface area contributed by atoms with E-state index in [0.717, 1.165) is 5.56 Å². The second kappa shape index (κ2) is 4.91. The third kappa shape index (κ3) is 3.32. The van der Waals surface area contributed by atoms with Gasteiger partial charge in [0.2, 0.25) is 5.91 Å². The van der Waals surface area contributed by atoms with Crippen molar-refractivity contribution >= 4 is 5.91 Å². The highest BCUT2D eigenvalue weighted by atomic mass is 16.2. The molecular formula is C15H23NO. The number of hydrogen-bond donors (Lipinski definition) is 1. The predicted octanol–water partition coefficient (Wildman–Crippen LogP) is 3.38. The Kier molecular flexibility index (Phi) is 3.97. The molecule has 2 nitrogen and oxygen atoms in total. The van der Waals surface area contributed by atoms with Gasteiger partial charge in [-0.25, -0.2) is 0 Å². The van der Waals surface area contributed by atoms with E-state index in [2.05, 4.69) is 26.1 Å². The van der Waals surface area contributed by atoms with Gasteiger partial charge in [0.15, 0.2) is 0 Å². The summed E-state index contributed by atoms with van der Waals surface area (Å²) in [4.78, 5) is 12.2. The first-order valence-electron chi connectivity index (χ1n) is 6.07. The zero-order chi connectivity index (χ0) is 13.1. The molecule has 0 aliphatic heterocycles. The van der Waals surface area contributed by atoms with Gasteiger partial charge in [-0.15, -0.1) is 0 Å². The summed E-state index contributed by atoms with van der Waals surface area (Å²) in [6.45, 7) is 10.9. The summed E-state index contributed by atoms with van der Waals surface area (Å²) in [5.74, 6) is 0.105. The summed E-state index contributed by atoms with van der Waals surface area (Å²) in [6, 6.07) is 9.98. The number of carbonyl (C=O) groups is 1. The average Bonchev–Trinajstić information content (AvgIpc) is 2.25. The van der Waals surface area contributed by atoms with Gasteiger partial charge >= 0.3 is 0 Å². The largest absolute Gasteiger partial charge is 0.352 e. The highest BCUT2D eigenvalue weighted by Crippen LogP contribution is 2.37. The van der Waals surface area contributed by atoms with Crippen LogP contribution >= 0.6 is 0 Å². The molecule has 0 saturated heterocycles. The van der Waals surface area contributed by atoms with Crippen LogP contribution in [0.25, 0.3) is 0 Å². The van der Waals surface area contributed by atoms with Gasteiger partial charge in [-0.1, -0.05) is 65.0 Å². The average molecular weight is 233 g/mol. The Hall–Kier alpha value is -1.31. The van der Waals surface area contributed by atoms with Crippen LogP contribution in [0.2, 0.25) is 0 Å². The summed E-state index contributed by atoms with van der Waals surface area (Å²) < 4.78 is 0. The molecule has 0 saturated carbocycles. The minimum absolute atomic E-state index is 0.0478. The second-order valence-corrected chi connectivity index (χ2v) is 6.04. The lowest BCUT2D eigenvalue weighted by molar-refractivity contribution is -0.134. The number of benzene rings is 1. The van der Waals surface area contributed by atoms with E-state index in [1.165, 1.54) is 0 Å². The summed E-state index contributed by atoms with van der Waals surface area (Å²) in [5.41, 5.74) is 0.709. The van der Waals surface area contributed by atoms with Crippen molar-refractivity contribution in [3.8, 4) is 0 Å². The third-order valence-electron chi connectivity index (χ3n) is 3.74. The molecule has 2 heteroatoms. The molecule has 1 aromatic rings. The Morgan fingerprint density at radius 2 is 1.59 bits per heavy atom. The van der Waals surface area contributed by atoms with Crippen molar-refractivity contribution in [2.24, 2.45) is 10.8 Å². The van der Waals surface area contributed by atoms with E-state index < -0.39 is 0 Å². The first kappa shape index (κ1) is 13.8. The maximum atomic E-state index is 12.2. The maximum Gasteiger partial charge on any atom is 0.226 e. The first-order valence-corrected chi connectivity index (χ1v) is 6.07. The Bertz CT molecular complexity index is 374. The van der Waals surface area contributed by atoms with Crippen molar-refractivity contribution in [1.82, 2.24) is 5.32 Å². The van der Waals surface area contributed by atoms with Gasteiger partial charge in [-0.2, -0.15) is 0 Å². The summed E-state index contributed by atoms with van der Waals surface area (Å²) in [5, 5.41) is 3.01. The molecule has 0 aliphatic carbocycles. The Morgan fingerprint density at radius 1 is 1.06 bits per heavy atom. The van der Waals surface area contributed by atoms with Crippen LogP contribution in [-0.4, -0.2) is 5.91 Å². The van der Waals surface area contributed by atoms with Crippen molar-refractivity contribution in [1.29, 1.82) is 0 Å². The van der Waals surface area contributed by atoms with Crippen LogP contribution in [0.15, 0.2) is 30.3 Å². The van der Waals surface area contributed by atoms with E-state index in [0.29, 0.717) is 6.54 Å². The van der Waals surface area contributed by atoms with E-state index in [9.17, 15) is 4.79 Å². The van der Waals surface area contributed by atoms with Gasteiger partial charge < -0.3 is 5.32 Å². The molecule has 0 atom stereocenters. The van der Waals surface area contributed by atoms with Gasteiger partial charge in [0, 0.05) is 12.0 Å². The number of amides is 1. The zero-order valence-electron chi connectivity index (χ0n) is 11.5. The molecule has 1 amide bonds. The zero-order valence-corrected chi connectivity index (χ0v) is 11.5. The highest BCUT2D eigenvalue weighted by Gasteiger charge is 2.39. The molecule has 0 bridgehead atoms. The molecule has 1 N–H and O–H groups in total. The molecule has 1 aromatic carbocycles. The number of hydrogen-bond acceptors (Lipinski definition) is 1. The molecule has 0 aliphatic rings. The van der Waals surface area contributed by atoms with Gasteiger partial charge in [0.05, 0.1) is 0 Å². The smallest absolute Gasteiger partial charge is 0.226 e. The Morgan fingerprint density at radius 3 is 2.06 bits per heavy atom. The fourth-order valence-electron chi connectivity index (χ4n) is 1.34. The quantitative estimate of drug-likeness (QED) is 0.852. The van der Waals surface area contributed by atoms with Crippen LogP contribution in [0, 0.1) is 10.8 Å². The monoisotopic (exact) mass is 233 g/mol. The van der Waals surface area contributed by atoms with E-state index >= 15 is 0 Å². The molecule has 0 heterocycles. The van der Waals surface area contributed by atoms with Crippen LogP contribution in [0.4, 0.5) is 0 Å². The first-order chi connectivity index (χ1) is 7.75. The second-order valence-electron chi connectivity index (χ2n) is 6.04. The molecule has 0 spiro atoms. The molecule has 0 radical (unpaired) electrons. The van der Waals surface area contributed by atoms with Crippen LogP contribution in [0.1, 0.15) is 40.2 Å². The topological polar surface area (TPSA) is 29.1 Å². The molecule has 0 fully saturated rings. The fourth-order valence-corrected chi connectivity index (χ4v) is 1.34. The minimum atomic E-state index is -0.373. The molecule has 0 unspecified atom stereocenters. The van der Waals surface area contributed by atoms with E-state index in [4.69, 9.17) is 0 Å². The van der Waals surface area contributed by atoms with Crippen molar-refractivity contribution in [3.05, 3.63) is 35.9 Å². The predicted molar refractivity (Wildman–Crippen MR) is 71.5 cm³/mol. The molecule has 0 aromatic heterocycles. The summed E-state index contributed by atoms with van der Waals surface area (Å²) in [7, 11) is 0. The molecule has 94 valence electrons. The lowest BCUT2D eigenvalue weighted by atomic mass is 9.69. The maximum absolute atomic E-state index is 12.2. The minimum Gasteiger partial charge on any atom is -0.352 e. The standard InChI is InChI=1S/C15H23NO/c1-14(2,3)15(4,5)13(17)16-11-12-9-7-6-8-10-12/h6-10H,11H2,1-5H3,(H,16,17). The lowest BCUT2D eigenvalue weighted by Crippen LogP contribution is -2.44. The summed E-state index contributed by atoms with van der Waals surface area (Å²) >= 11 is 0.